The highest BCUT2D eigenvalue weighted by atomic mass is 79.9. The Hall–Kier alpha value is -3.50. The van der Waals surface area contributed by atoms with Crippen molar-refractivity contribution in [1.82, 2.24) is 0 Å². The molecule has 4 rings (SSSR count). The molecular formula is C22H15BrN2O6S. The molecule has 8 nitrogen and oxygen atoms in total. The lowest BCUT2D eigenvalue weighted by atomic mass is 9.82. The van der Waals surface area contributed by atoms with Gasteiger partial charge in [0.1, 0.15) is 0 Å². The minimum atomic E-state index is -3.64. The summed E-state index contributed by atoms with van der Waals surface area (Å²) in [6, 6.07) is 11.4. The summed E-state index contributed by atoms with van der Waals surface area (Å²) in [7, 11) is -3.64. The molecule has 0 fully saturated rings. The average Bonchev–Trinajstić information content (AvgIpc) is 2.73. The molecule has 0 heterocycles. The molecule has 0 unspecified atom stereocenters. The summed E-state index contributed by atoms with van der Waals surface area (Å²) in [5.74, 6) is -2.24. The predicted octanol–water partition coefficient (Wildman–Crippen LogP) is 3.65. The molecule has 0 spiro atoms. The van der Waals surface area contributed by atoms with Crippen molar-refractivity contribution >= 4 is 60.4 Å². The number of rotatable bonds is 4. The first-order valence-electron chi connectivity index (χ1n) is 9.15. The van der Waals surface area contributed by atoms with Gasteiger partial charge in [0, 0.05) is 21.9 Å². The maximum Gasteiger partial charge on any atom is 0.337 e. The van der Waals surface area contributed by atoms with Gasteiger partial charge in [0.2, 0.25) is 0 Å². The normalized spacial score (nSPS) is 12.8. The number of carbonyl (C=O) groups is 3. The minimum Gasteiger partial charge on any atom is -0.478 e. The number of hydrogen-bond acceptors (Lipinski definition) is 7. The Balaban J connectivity index is 1.93. The Labute approximate surface area is 191 Å². The molecule has 3 aromatic rings. The van der Waals surface area contributed by atoms with Crippen LogP contribution in [0, 0.1) is 0 Å². The second-order valence-electron chi connectivity index (χ2n) is 7.18. The Morgan fingerprint density at radius 3 is 2.12 bits per heavy atom. The first-order valence-corrected chi connectivity index (χ1v) is 11.8. The second kappa shape index (κ2) is 7.57. The standard InChI is InChI=1S/C22H15BrN2O6S/c1-32(30,31)10-6-7-15(13(8-10)22(28)29)25-16-9-14(23)19(24)18-17(16)20(26)11-4-2-3-5-12(11)21(18)27/h2-9,25H,24H2,1H3,(H,28,29). The number of sulfone groups is 1. The maximum atomic E-state index is 13.3. The Bertz CT molecular complexity index is 1460. The van der Waals surface area contributed by atoms with Gasteiger partial charge >= 0.3 is 5.97 Å². The third-order valence-electron chi connectivity index (χ3n) is 5.11. The highest BCUT2D eigenvalue weighted by molar-refractivity contribution is 9.10. The molecule has 1 aliphatic rings. The van der Waals surface area contributed by atoms with E-state index in [0.29, 0.717) is 4.47 Å². The van der Waals surface area contributed by atoms with Crippen LogP contribution in [-0.4, -0.2) is 37.3 Å². The topological polar surface area (TPSA) is 144 Å². The summed E-state index contributed by atoms with van der Waals surface area (Å²) in [4.78, 5) is 38.0. The molecule has 0 saturated carbocycles. The van der Waals surface area contributed by atoms with Crippen molar-refractivity contribution in [3.8, 4) is 0 Å². The number of nitrogens with two attached hydrogens (primary N) is 1. The SMILES string of the molecule is CS(=O)(=O)c1ccc(Nc2cc(Br)c(N)c3c2C(=O)c2ccccc2C3=O)c(C(=O)O)c1. The Kier molecular flexibility index (Phi) is 5.14. The fourth-order valence-electron chi connectivity index (χ4n) is 3.57. The van der Waals surface area contributed by atoms with Crippen LogP contribution in [0.3, 0.4) is 0 Å². The number of anilines is 3. The Morgan fingerprint density at radius 2 is 1.56 bits per heavy atom. The van der Waals surface area contributed by atoms with E-state index in [1.54, 1.807) is 18.2 Å². The van der Waals surface area contributed by atoms with Crippen molar-refractivity contribution in [2.24, 2.45) is 0 Å². The lowest BCUT2D eigenvalue weighted by molar-refractivity contribution is 0.0697. The number of halogens is 1. The van der Waals surface area contributed by atoms with Crippen LogP contribution in [0.4, 0.5) is 17.1 Å². The van der Waals surface area contributed by atoms with Crippen LogP contribution in [-0.2, 0) is 9.84 Å². The summed E-state index contributed by atoms with van der Waals surface area (Å²) in [6.45, 7) is 0. The number of fused-ring (bicyclic) bond motifs is 2. The van der Waals surface area contributed by atoms with E-state index in [0.717, 1.165) is 12.3 Å². The van der Waals surface area contributed by atoms with E-state index in [4.69, 9.17) is 5.73 Å². The molecular weight excluding hydrogens is 500 g/mol. The van der Waals surface area contributed by atoms with Gasteiger partial charge in [-0.1, -0.05) is 24.3 Å². The third kappa shape index (κ3) is 3.47. The number of ketones is 2. The van der Waals surface area contributed by atoms with E-state index < -0.39 is 27.4 Å². The summed E-state index contributed by atoms with van der Waals surface area (Å²) < 4.78 is 24.0. The van der Waals surface area contributed by atoms with Crippen molar-refractivity contribution in [3.05, 3.63) is 80.8 Å². The van der Waals surface area contributed by atoms with Crippen LogP contribution in [0.2, 0.25) is 0 Å². The lowest BCUT2D eigenvalue weighted by Crippen LogP contribution is -2.24. The number of aromatic carboxylic acids is 1. The number of nitrogen functional groups attached to an aromatic ring is 1. The number of nitrogens with one attached hydrogen (secondary N) is 1. The average molecular weight is 515 g/mol. The van der Waals surface area contributed by atoms with Crippen LogP contribution in [0.15, 0.2) is 57.9 Å². The van der Waals surface area contributed by atoms with E-state index >= 15 is 0 Å². The summed E-state index contributed by atoms with van der Waals surface area (Å²) in [5.41, 5.74) is 6.54. The molecule has 0 aromatic heterocycles. The molecule has 1 aliphatic carbocycles. The van der Waals surface area contributed by atoms with Crippen molar-refractivity contribution in [2.45, 2.75) is 4.90 Å². The number of carbonyl (C=O) groups excluding carboxylic acids is 2. The van der Waals surface area contributed by atoms with Gasteiger partial charge in [0.15, 0.2) is 21.4 Å². The number of carboxylic acid groups (broad SMARTS) is 1. The first-order chi connectivity index (χ1) is 15.0. The quantitative estimate of drug-likeness (QED) is 0.350. The molecule has 32 heavy (non-hydrogen) atoms. The summed E-state index contributed by atoms with van der Waals surface area (Å²) in [6.07, 6.45) is 0.969. The van der Waals surface area contributed by atoms with E-state index in [-0.39, 0.29) is 49.8 Å². The van der Waals surface area contributed by atoms with E-state index in [1.807, 2.05) is 0 Å². The highest BCUT2D eigenvalue weighted by Gasteiger charge is 2.34. The van der Waals surface area contributed by atoms with Gasteiger partial charge < -0.3 is 16.2 Å². The largest absolute Gasteiger partial charge is 0.478 e. The van der Waals surface area contributed by atoms with Crippen molar-refractivity contribution < 1.29 is 27.9 Å². The van der Waals surface area contributed by atoms with Crippen LogP contribution >= 0.6 is 15.9 Å². The molecule has 162 valence electrons. The maximum absolute atomic E-state index is 13.3. The highest BCUT2D eigenvalue weighted by Crippen LogP contribution is 2.40. The van der Waals surface area contributed by atoms with Gasteiger partial charge in [0.25, 0.3) is 0 Å². The molecule has 0 amide bonds. The zero-order valence-electron chi connectivity index (χ0n) is 16.5. The number of carboxylic acids is 1. The van der Waals surface area contributed by atoms with E-state index in [1.165, 1.54) is 24.3 Å². The Morgan fingerprint density at radius 1 is 0.969 bits per heavy atom. The van der Waals surface area contributed by atoms with Gasteiger partial charge in [-0.2, -0.15) is 0 Å². The van der Waals surface area contributed by atoms with Gasteiger partial charge in [0.05, 0.1) is 38.6 Å². The zero-order chi connectivity index (χ0) is 23.4. The minimum absolute atomic E-state index is 0.00945. The fraction of sp³-hybridized carbons (Fsp3) is 0.0455. The predicted molar refractivity (Wildman–Crippen MR) is 122 cm³/mol. The van der Waals surface area contributed by atoms with Crippen LogP contribution in [0.25, 0.3) is 0 Å². The molecule has 4 N–H and O–H groups in total. The molecule has 3 aromatic carbocycles. The third-order valence-corrected chi connectivity index (χ3v) is 6.87. The van der Waals surface area contributed by atoms with Gasteiger partial charge in [-0.05, 0) is 40.2 Å². The number of hydrogen-bond donors (Lipinski definition) is 3. The van der Waals surface area contributed by atoms with Crippen molar-refractivity contribution in [2.75, 3.05) is 17.3 Å². The molecule has 0 atom stereocenters. The second-order valence-corrected chi connectivity index (χ2v) is 10.1. The van der Waals surface area contributed by atoms with E-state index in [9.17, 15) is 27.9 Å². The monoisotopic (exact) mass is 514 g/mol. The summed E-state index contributed by atoms with van der Waals surface area (Å²) >= 11 is 3.29. The fourth-order valence-corrected chi connectivity index (χ4v) is 4.64. The molecule has 0 aliphatic heterocycles. The molecule has 10 heteroatoms. The molecule has 0 bridgehead atoms. The van der Waals surface area contributed by atoms with Gasteiger partial charge in [-0.25, -0.2) is 13.2 Å². The van der Waals surface area contributed by atoms with Crippen molar-refractivity contribution in [1.29, 1.82) is 0 Å². The zero-order valence-corrected chi connectivity index (χ0v) is 18.9. The van der Waals surface area contributed by atoms with Crippen LogP contribution in [0.5, 0.6) is 0 Å². The van der Waals surface area contributed by atoms with Crippen molar-refractivity contribution in [3.63, 3.8) is 0 Å². The summed E-state index contributed by atoms with van der Waals surface area (Å²) in [5, 5.41) is 12.5. The van der Waals surface area contributed by atoms with Crippen LogP contribution in [0.1, 0.15) is 42.2 Å². The lowest BCUT2D eigenvalue weighted by Gasteiger charge is -2.23. The molecule has 0 saturated heterocycles. The number of benzene rings is 3. The van der Waals surface area contributed by atoms with Gasteiger partial charge in [-0.3, -0.25) is 9.59 Å². The molecule has 0 radical (unpaired) electrons. The first kappa shape index (κ1) is 21.7. The van der Waals surface area contributed by atoms with E-state index in [2.05, 4.69) is 21.2 Å². The van der Waals surface area contributed by atoms with Crippen LogP contribution < -0.4 is 11.1 Å². The van der Waals surface area contributed by atoms with Gasteiger partial charge in [-0.15, -0.1) is 0 Å². The smallest absolute Gasteiger partial charge is 0.337 e.